The van der Waals surface area contributed by atoms with Gasteiger partial charge in [-0.05, 0) is 0 Å². The Bertz CT molecular complexity index is 19.1. The first-order valence-electron chi connectivity index (χ1n) is 0.756. The van der Waals surface area contributed by atoms with Crippen LogP contribution in [0.2, 0.25) is 0 Å². The summed E-state index contributed by atoms with van der Waals surface area (Å²) < 4.78 is 39.6. The van der Waals surface area contributed by atoms with Gasteiger partial charge in [0, 0.05) is 0 Å². The van der Waals surface area contributed by atoms with E-state index < -0.39 is 20.7 Å². The molecule has 0 nitrogen and oxygen atoms in total. The molecule has 0 aliphatic rings. The molecule has 0 aromatic heterocycles. The van der Waals surface area contributed by atoms with Crippen molar-refractivity contribution in [3.63, 3.8) is 0 Å². The molecule has 0 fully saturated rings. The summed E-state index contributed by atoms with van der Waals surface area (Å²) in [5, 5.41) is 0. The molecule has 5 heteroatoms. The van der Waals surface area contributed by atoms with Gasteiger partial charge in [-0.25, -0.2) is 0 Å². The number of hydrogen-bond donors (Lipinski definition) is 0. The van der Waals surface area contributed by atoms with Crippen LogP contribution >= 0.6 is 0 Å². The average Bonchev–Trinajstić information content (AvgIpc) is 0.722. The number of halogens is 4. The molecule has 0 aromatic carbocycles. The molecule has 0 unspecified atom stereocenters. The van der Waals surface area contributed by atoms with Gasteiger partial charge in [-0.2, -0.15) is 0 Å². The Morgan fingerprint density at radius 1 is 0.800 bits per heavy atom. The molecule has 0 amide bonds. The fourth-order valence-electron chi connectivity index (χ4n) is 0. The molecule has 32 valence electrons. The van der Waals surface area contributed by atoms with Crippen molar-refractivity contribution in [3.05, 3.63) is 0 Å². The maximum atomic E-state index is 9.90. The molecule has 0 aromatic rings. The second-order valence-electron chi connectivity index (χ2n) is 0.429. The summed E-state index contributed by atoms with van der Waals surface area (Å²) in [5.41, 5.74) is 0. The van der Waals surface area contributed by atoms with Gasteiger partial charge in [-0.3, -0.25) is 0 Å². The summed E-state index contributed by atoms with van der Waals surface area (Å²) in [4.78, 5) is 0. The van der Waals surface area contributed by atoms with E-state index in [-0.39, 0.29) is 0 Å². The van der Waals surface area contributed by atoms with E-state index in [0.717, 1.165) is 0 Å². The van der Waals surface area contributed by atoms with E-state index in [4.69, 9.17) is 0 Å². The van der Waals surface area contributed by atoms with Gasteiger partial charge in [0.05, 0.1) is 0 Å². The SMILES string of the molecule is [F][Sn]([F])([F])[F]. The molecule has 0 spiro atoms. The van der Waals surface area contributed by atoms with Gasteiger partial charge in [0.1, 0.15) is 0 Å². The van der Waals surface area contributed by atoms with Crippen LogP contribution in [0.25, 0.3) is 0 Å². The van der Waals surface area contributed by atoms with Gasteiger partial charge in [0.25, 0.3) is 0 Å². The maximum absolute atomic E-state index is 9.90. The Balaban J connectivity index is 3.02. The van der Waals surface area contributed by atoms with E-state index in [2.05, 4.69) is 0 Å². The third kappa shape index (κ3) is 107. The standard InChI is InChI=1S/4FH.Sn/h4*1H;/q;;;;+4/p-4. The molecule has 0 saturated carbocycles. The molecule has 0 bridgehead atoms. The van der Waals surface area contributed by atoms with Gasteiger partial charge in [-0.15, -0.1) is 0 Å². The Morgan fingerprint density at radius 2 is 0.800 bits per heavy atom. The molecule has 0 saturated heterocycles. The van der Waals surface area contributed by atoms with Crippen LogP contribution in [0.1, 0.15) is 0 Å². The third-order valence-corrected chi connectivity index (χ3v) is 0. The normalized spacial score (nSPS) is 12.0. The molecule has 0 rings (SSSR count). The van der Waals surface area contributed by atoms with Crippen LogP contribution in [0.4, 0.5) is 11.5 Å². The van der Waals surface area contributed by atoms with E-state index in [9.17, 15) is 11.5 Å². The molecule has 5 heavy (non-hydrogen) atoms. The average molecular weight is 195 g/mol. The van der Waals surface area contributed by atoms with Crippen LogP contribution in [0.15, 0.2) is 0 Å². The molecule has 0 heterocycles. The van der Waals surface area contributed by atoms with Crippen molar-refractivity contribution in [1.29, 1.82) is 0 Å². The molecule has 0 aliphatic carbocycles. The Labute approximate surface area is 32.8 Å². The first-order valence-corrected chi connectivity index (χ1v) is 5.07. The molecular formula is F4Sn. The monoisotopic (exact) mass is 196 g/mol. The Hall–Kier alpha value is 0.519. The van der Waals surface area contributed by atoms with Gasteiger partial charge in [-0.1, -0.05) is 0 Å². The molecule has 0 aliphatic heterocycles. The van der Waals surface area contributed by atoms with Gasteiger partial charge in [0.2, 0.25) is 0 Å². The summed E-state index contributed by atoms with van der Waals surface area (Å²) in [6.45, 7) is 0. The summed E-state index contributed by atoms with van der Waals surface area (Å²) in [6, 6.07) is 0. The minimum absolute atomic E-state index is 7.18. The third-order valence-electron chi connectivity index (χ3n) is 0. The van der Waals surface area contributed by atoms with Crippen molar-refractivity contribution in [1.82, 2.24) is 0 Å². The second kappa shape index (κ2) is 1.32. The first kappa shape index (κ1) is 5.52. The summed E-state index contributed by atoms with van der Waals surface area (Å²) in [5.74, 6) is 0. The summed E-state index contributed by atoms with van der Waals surface area (Å²) in [7, 11) is 0. The molecule has 0 radical (unpaired) electrons. The second-order valence-corrected chi connectivity index (χ2v) is 2.87. The molecule has 0 N–H and O–H groups in total. The van der Waals surface area contributed by atoms with Crippen LogP contribution in [0.3, 0.4) is 0 Å². The Morgan fingerprint density at radius 3 is 0.800 bits per heavy atom. The van der Waals surface area contributed by atoms with E-state index in [1.165, 1.54) is 0 Å². The number of rotatable bonds is 0. The van der Waals surface area contributed by atoms with E-state index in [0.29, 0.717) is 0 Å². The number of hydrogen-bond acceptors (Lipinski definition) is 0. The van der Waals surface area contributed by atoms with E-state index in [1.54, 1.807) is 0 Å². The van der Waals surface area contributed by atoms with Crippen molar-refractivity contribution in [2.24, 2.45) is 0 Å². The van der Waals surface area contributed by atoms with Crippen molar-refractivity contribution >= 4 is 20.7 Å². The fraction of sp³-hybridized carbons (Fsp3) is 0. The van der Waals surface area contributed by atoms with Crippen LogP contribution in [-0.2, 0) is 0 Å². The first-order chi connectivity index (χ1) is 2.00. The van der Waals surface area contributed by atoms with Crippen LogP contribution < -0.4 is 0 Å². The predicted molar refractivity (Wildman–Crippen MR) is 10.2 cm³/mol. The van der Waals surface area contributed by atoms with Crippen molar-refractivity contribution in [3.8, 4) is 0 Å². The predicted octanol–water partition coefficient (Wildman–Crippen LogP) is 1.30. The van der Waals surface area contributed by atoms with E-state index in [1.807, 2.05) is 0 Å². The summed E-state index contributed by atoms with van der Waals surface area (Å²) in [6.07, 6.45) is 0. The van der Waals surface area contributed by atoms with Crippen molar-refractivity contribution < 1.29 is 11.5 Å². The molecule has 0 atom stereocenters. The fourth-order valence-corrected chi connectivity index (χ4v) is 0. The van der Waals surface area contributed by atoms with Crippen LogP contribution in [-0.4, -0.2) is 20.7 Å². The van der Waals surface area contributed by atoms with E-state index >= 15 is 0 Å². The van der Waals surface area contributed by atoms with Crippen molar-refractivity contribution in [2.75, 3.05) is 0 Å². The quantitative estimate of drug-likeness (QED) is 0.403. The van der Waals surface area contributed by atoms with Crippen molar-refractivity contribution in [2.45, 2.75) is 0 Å². The Kier molecular flexibility index (Phi) is 1.45. The van der Waals surface area contributed by atoms with Gasteiger partial charge < -0.3 is 0 Å². The van der Waals surface area contributed by atoms with Gasteiger partial charge in [0.15, 0.2) is 0 Å². The van der Waals surface area contributed by atoms with Crippen LogP contribution in [0, 0.1) is 0 Å². The summed E-state index contributed by atoms with van der Waals surface area (Å²) >= 11 is -7.18. The zero-order valence-corrected chi connectivity index (χ0v) is 4.87. The molecular weight excluding hydrogens is 195 g/mol. The minimum atomic E-state index is -7.18. The zero-order valence-electron chi connectivity index (χ0n) is 2.01. The van der Waals surface area contributed by atoms with Crippen LogP contribution in [0.5, 0.6) is 0 Å². The zero-order chi connectivity index (χ0) is 4.50. The topological polar surface area (TPSA) is 0 Å². The van der Waals surface area contributed by atoms with Gasteiger partial charge >= 0.3 is 32.1 Å².